The number of piperidine rings is 3. The molecule has 1 atom stereocenters. The predicted molar refractivity (Wildman–Crippen MR) is 246 cm³/mol. The lowest BCUT2D eigenvalue weighted by Crippen LogP contribution is -2.53. The molecule has 5 heterocycles. The largest absolute Gasteiger partial charge is 0.494 e. The number of hydrogen-bond acceptors (Lipinski definition) is 12. The first-order chi connectivity index (χ1) is 29.2. The lowest BCUT2D eigenvalue weighted by molar-refractivity contribution is -0.133. The maximum absolute atomic E-state index is 12.1. The summed E-state index contributed by atoms with van der Waals surface area (Å²) < 4.78 is 5.86. The maximum atomic E-state index is 12.1. The molecule has 0 aliphatic carbocycles. The van der Waals surface area contributed by atoms with Crippen LogP contribution in [0.5, 0.6) is 5.75 Å². The van der Waals surface area contributed by atoms with E-state index in [1.165, 1.54) is 56.3 Å². The summed E-state index contributed by atoms with van der Waals surface area (Å²) in [6.45, 7) is 14.3. The third-order valence-electron chi connectivity index (χ3n) is 12.5. The molecule has 1 unspecified atom stereocenters. The van der Waals surface area contributed by atoms with E-state index in [4.69, 9.17) is 21.3 Å². The number of halogens is 1. The van der Waals surface area contributed by atoms with E-state index in [-0.39, 0.29) is 25.8 Å². The topological polar surface area (TPSA) is 130 Å². The predicted octanol–water partition coefficient (Wildman–Crippen LogP) is 6.71. The summed E-state index contributed by atoms with van der Waals surface area (Å²) in [6, 6.07) is 23.2. The van der Waals surface area contributed by atoms with Crippen molar-refractivity contribution in [1.82, 2.24) is 25.1 Å². The Labute approximate surface area is 360 Å². The minimum atomic E-state index is -0.361. The normalized spacial score (nSPS) is 20.0. The number of nitrogens with zero attached hydrogens (tertiary/aromatic N) is 6. The monoisotopic (exact) mass is 852 g/mol. The van der Waals surface area contributed by atoms with Gasteiger partial charge in [0.1, 0.15) is 16.8 Å². The van der Waals surface area contributed by atoms with E-state index in [1.807, 2.05) is 24.3 Å². The number of para-hydroxylation sites is 1. The van der Waals surface area contributed by atoms with Crippen molar-refractivity contribution in [2.24, 2.45) is 5.92 Å². The van der Waals surface area contributed by atoms with Crippen molar-refractivity contribution in [2.75, 3.05) is 105 Å². The highest BCUT2D eigenvalue weighted by Gasteiger charge is 2.30. The fourth-order valence-electron chi connectivity index (χ4n) is 9.06. The van der Waals surface area contributed by atoms with Crippen LogP contribution in [0.1, 0.15) is 38.5 Å². The fourth-order valence-corrected chi connectivity index (χ4v) is 10.2. The number of hydrogen-bond donors (Lipinski definition) is 4. The molecule has 60 heavy (non-hydrogen) atoms. The van der Waals surface area contributed by atoms with Gasteiger partial charge in [-0.2, -0.15) is 4.98 Å². The van der Waals surface area contributed by atoms with Crippen LogP contribution >= 0.6 is 19.5 Å². The number of nitrogens with one attached hydrogen (secondary N) is 4. The number of carbonyl (C=O) groups is 2. The SMILES string of the molecule is COc1cc(N2CCN(C3CCN(CC4CCN(c5ccc(NC6CCC(=O)NC6=O)cc5)CC4)CC3)CC2)ccc1Nc1ncc(Cl)c(Nc2ccccc2P(C)C)n1. The van der Waals surface area contributed by atoms with Crippen molar-refractivity contribution in [3.8, 4) is 5.75 Å². The Morgan fingerprint density at radius 2 is 1.53 bits per heavy atom. The Bertz CT molecular complexity index is 2100. The van der Waals surface area contributed by atoms with Gasteiger partial charge < -0.3 is 35.4 Å². The highest BCUT2D eigenvalue weighted by Crippen LogP contribution is 2.35. The Kier molecular flexibility index (Phi) is 13.6. The average Bonchev–Trinajstić information content (AvgIpc) is 3.27. The number of amides is 2. The van der Waals surface area contributed by atoms with Crippen LogP contribution in [-0.4, -0.2) is 123 Å². The van der Waals surface area contributed by atoms with Crippen molar-refractivity contribution in [1.29, 1.82) is 0 Å². The number of piperazine rings is 1. The minimum Gasteiger partial charge on any atom is -0.494 e. The molecule has 4 aliphatic rings. The third-order valence-corrected chi connectivity index (χ3v) is 14.1. The first-order valence-corrected chi connectivity index (χ1v) is 24.0. The van der Waals surface area contributed by atoms with Crippen molar-refractivity contribution in [3.63, 3.8) is 0 Å². The number of anilines is 7. The maximum Gasteiger partial charge on any atom is 0.249 e. The van der Waals surface area contributed by atoms with Crippen molar-refractivity contribution >= 4 is 76.8 Å². The number of aromatic nitrogens is 2. The van der Waals surface area contributed by atoms with Crippen molar-refractivity contribution < 1.29 is 14.3 Å². The molecule has 4 fully saturated rings. The molecule has 0 spiro atoms. The smallest absolute Gasteiger partial charge is 0.249 e. The first-order valence-electron chi connectivity index (χ1n) is 21.4. The number of ether oxygens (including phenoxy) is 1. The van der Waals surface area contributed by atoms with Crippen LogP contribution in [0.25, 0.3) is 0 Å². The quantitative estimate of drug-likeness (QED) is 0.0843. The number of likely N-dealkylation sites (tertiary alicyclic amines) is 1. The van der Waals surface area contributed by atoms with Crippen LogP contribution in [0, 0.1) is 5.92 Å². The van der Waals surface area contributed by atoms with Gasteiger partial charge in [0.15, 0.2) is 5.82 Å². The molecular formula is C45H58ClN10O3P. The molecule has 318 valence electrons. The summed E-state index contributed by atoms with van der Waals surface area (Å²) >= 11 is 6.53. The average molecular weight is 853 g/mol. The second-order valence-electron chi connectivity index (χ2n) is 16.6. The van der Waals surface area contributed by atoms with Crippen LogP contribution in [0.2, 0.25) is 5.02 Å². The van der Waals surface area contributed by atoms with Gasteiger partial charge >= 0.3 is 0 Å². The standard InChI is InChI=1S/C45H58ClN10O3P/c1-59-40-28-35(12-13-37(40)50-45-47-29-36(46)43(52-45)49-38-6-4-5-7-41(38)60(2)3)56-26-24-55(25-27-56)34-18-20-53(21-19-34)30-31-16-22-54(23-17-31)33-10-8-32(9-11-33)48-39-14-15-42(57)51-44(39)58/h4-13,28-29,31,34,39,48H,14-27,30H2,1-3H3,(H,51,57,58)(H2,47,49,50,52). The van der Waals surface area contributed by atoms with Crippen LogP contribution in [-0.2, 0) is 9.59 Å². The van der Waals surface area contributed by atoms with Crippen LogP contribution in [0.4, 0.5) is 40.2 Å². The molecule has 0 saturated carbocycles. The van der Waals surface area contributed by atoms with E-state index >= 15 is 0 Å². The zero-order valence-corrected chi connectivity index (χ0v) is 36.7. The number of carbonyl (C=O) groups excluding carboxylic acids is 2. The number of rotatable bonds is 13. The highest BCUT2D eigenvalue weighted by molar-refractivity contribution is 7.64. The van der Waals surface area contributed by atoms with E-state index in [9.17, 15) is 9.59 Å². The van der Waals surface area contributed by atoms with Crippen LogP contribution in [0.3, 0.4) is 0 Å². The van der Waals surface area contributed by atoms with Gasteiger partial charge in [0.2, 0.25) is 17.8 Å². The summed E-state index contributed by atoms with van der Waals surface area (Å²) in [5.41, 5.74) is 5.09. The molecule has 4 aliphatic heterocycles. The fraction of sp³-hybridized carbons (Fsp3) is 0.467. The zero-order chi connectivity index (χ0) is 41.6. The Morgan fingerprint density at radius 1 is 0.817 bits per heavy atom. The minimum absolute atomic E-state index is 0.192. The number of benzene rings is 3. The third kappa shape index (κ3) is 10.3. The Hall–Kier alpha value is -4.68. The summed E-state index contributed by atoms with van der Waals surface area (Å²) in [6.07, 6.45) is 7.42. The van der Waals surface area contributed by atoms with Crippen molar-refractivity contribution in [3.05, 3.63) is 77.9 Å². The van der Waals surface area contributed by atoms with Gasteiger partial charge in [0.25, 0.3) is 0 Å². The molecule has 15 heteroatoms. The first kappa shape index (κ1) is 42.0. The molecule has 3 aromatic carbocycles. The Morgan fingerprint density at radius 3 is 2.25 bits per heavy atom. The van der Waals surface area contributed by atoms with E-state index in [2.05, 4.69) is 102 Å². The van der Waals surface area contributed by atoms with Gasteiger partial charge in [-0.15, -0.1) is 0 Å². The highest BCUT2D eigenvalue weighted by atomic mass is 35.5. The number of methoxy groups -OCH3 is 1. The summed E-state index contributed by atoms with van der Waals surface area (Å²) in [4.78, 5) is 43.2. The molecule has 4 aromatic rings. The van der Waals surface area contributed by atoms with Gasteiger partial charge in [0, 0.05) is 87.1 Å². The second kappa shape index (κ2) is 19.4. The molecular weight excluding hydrogens is 795 g/mol. The van der Waals surface area contributed by atoms with Crippen molar-refractivity contribution in [2.45, 2.75) is 50.6 Å². The zero-order valence-electron chi connectivity index (χ0n) is 35.0. The van der Waals surface area contributed by atoms with Crippen LogP contribution in [0.15, 0.2) is 72.9 Å². The van der Waals surface area contributed by atoms with E-state index in [0.29, 0.717) is 35.7 Å². The summed E-state index contributed by atoms with van der Waals surface area (Å²) in [7, 11) is 1.39. The Balaban J connectivity index is 0.764. The summed E-state index contributed by atoms with van der Waals surface area (Å²) in [5, 5.41) is 14.2. The molecule has 8 rings (SSSR count). The van der Waals surface area contributed by atoms with Gasteiger partial charge in [-0.25, -0.2) is 4.98 Å². The van der Waals surface area contributed by atoms with Gasteiger partial charge in [0.05, 0.1) is 19.0 Å². The van der Waals surface area contributed by atoms with Gasteiger partial charge in [-0.3, -0.25) is 19.8 Å². The summed E-state index contributed by atoms with van der Waals surface area (Å²) in [5.74, 6) is 2.03. The molecule has 0 radical (unpaired) electrons. The van der Waals surface area contributed by atoms with Gasteiger partial charge in [-0.05, 0) is 112 Å². The lowest BCUT2D eigenvalue weighted by Gasteiger charge is -2.44. The van der Waals surface area contributed by atoms with E-state index in [0.717, 1.165) is 73.7 Å². The molecule has 4 N–H and O–H groups in total. The lowest BCUT2D eigenvalue weighted by atomic mass is 9.94. The molecule has 4 saturated heterocycles. The molecule has 0 bridgehead atoms. The molecule has 13 nitrogen and oxygen atoms in total. The van der Waals surface area contributed by atoms with E-state index < -0.39 is 0 Å². The van der Waals surface area contributed by atoms with E-state index in [1.54, 1.807) is 13.3 Å². The molecule has 1 aromatic heterocycles. The number of imide groups is 1. The van der Waals surface area contributed by atoms with Gasteiger partial charge in [-0.1, -0.05) is 37.7 Å². The molecule has 2 amide bonds. The van der Waals surface area contributed by atoms with Crippen LogP contribution < -0.4 is 41.1 Å². The second-order valence-corrected chi connectivity index (χ2v) is 19.3.